The first-order valence-corrected chi connectivity index (χ1v) is 3.06. The van der Waals surface area contributed by atoms with Crippen molar-refractivity contribution in [2.24, 2.45) is 0 Å². The third kappa shape index (κ3) is 0.737. The third-order valence-electron chi connectivity index (χ3n) is 1.39. The second-order valence-electron chi connectivity index (χ2n) is 2.04. The predicted octanol–water partition coefficient (Wildman–Crippen LogP) is 0.474. The number of allylic oxidation sites excluding steroid dienone is 4. The van der Waals surface area contributed by atoms with Crippen LogP contribution in [0.4, 0.5) is 0 Å². The summed E-state index contributed by atoms with van der Waals surface area (Å²) in [5.74, 6) is 0. The van der Waals surface area contributed by atoms with Crippen LogP contribution in [-0.4, -0.2) is 20.2 Å². The van der Waals surface area contributed by atoms with E-state index < -0.39 is 0 Å². The SMILES string of the molecule is C1=CCC(n2cnnn2)=C1. The highest BCUT2D eigenvalue weighted by atomic mass is 15.5. The van der Waals surface area contributed by atoms with E-state index >= 15 is 0 Å². The molecule has 0 fully saturated rings. The Morgan fingerprint density at radius 1 is 1.50 bits per heavy atom. The van der Waals surface area contributed by atoms with Gasteiger partial charge in [-0.15, -0.1) is 5.10 Å². The summed E-state index contributed by atoms with van der Waals surface area (Å²) in [5, 5.41) is 10.8. The molecule has 4 heteroatoms. The predicted molar refractivity (Wildman–Crippen MR) is 35.8 cm³/mol. The Labute approximate surface area is 57.9 Å². The fourth-order valence-corrected chi connectivity index (χ4v) is 0.899. The minimum absolute atomic E-state index is 0.922. The largest absolute Gasteiger partial charge is 0.204 e. The van der Waals surface area contributed by atoms with E-state index in [1.165, 1.54) is 0 Å². The molecule has 2 rings (SSSR count). The molecular weight excluding hydrogens is 128 g/mol. The van der Waals surface area contributed by atoms with Gasteiger partial charge in [-0.05, 0) is 16.5 Å². The molecule has 1 aliphatic carbocycles. The molecule has 0 amide bonds. The van der Waals surface area contributed by atoms with Crippen LogP contribution in [0.2, 0.25) is 0 Å². The fourth-order valence-electron chi connectivity index (χ4n) is 0.899. The van der Waals surface area contributed by atoms with E-state index in [1.54, 1.807) is 11.0 Å². The highest BCUT2D eigenvalue weighted by Gasteiger charge is 2.01. The van der Waals surface area contributed by atoms with E-state index in [9.17, 15) is 0 Å². The average Bonchev–Trinajstić information content (AvgIpc) is 2.59. The van der Waals surface area contributed by atoms with Crippen LogP contribution < -0.4 is 0 Å². The van der Waals surface area contributed by atoms with E-state index in [2.05, 4.69) is 21.6 Å². The van der Waals surface area contributed by atoms with Crippen LogP contribution in [0, 0.1) is 0 Å². The van der Waals surface area contributed by atoms with Crippen molar-refractivity contribution in [3.05, 3.63) is 24.6 Å². The minimum Gasteiger partial charge on any atom is -0.204 e. The molecule has 0 spiro atoms. The lowest BCUT2D eigenvalue weighted by molar-refractivity contribution is 0.792. The van der Waals surface area contributed by atoms with Crippen LogP contribution in [0.15, 0.2) is 24.6 Å². The van der Waals surface area contributed by atoms with Crippen molar-refractivity contribution in [3.8, 4) is 0 Å². The molecule has 10 heavy (non-hydrogen) atoms. The van der Waals surface area contributed by atoms with Crippen molar-refractivity contribution in [2.45, 2.75) is 6.42 Å². The van der Waals surface area contributed by atoms with Crippen molar-refractivity contribution in [2.75, 3.05) is 0 Å². The monoisotopic (exact) mass is 134 g/mol. The Morgan fingerprint density at radius 2 is 2.50 bits per heavy atom. The van der Waals surface area contributed by atoms with Crippen molar-refractivity contribution in [1.29, 1.82) is 0 Å². The fraction of sp³-hybridized carbons (Fsp3) is 0.167. The molecule has 0 radical (unpaired) electrons. The molecule has 1 aliphatic rings. The van der Waals surface area contributed by atoms with Gasteiger partial charge in [0.2, 0.25) is 0 Å². The number of aromatic nitrogens is 4. The van der Waals surface area contributed by atoms with Crippen LogP contribution in [-0.2, 0) is 0 Å². The maximum atomic E-state index is 3.75. The second-order valence-corrected chi connectivity index (χ2v) is 2.04. The average molecular weight is 134 g/mol. The molecule has 4 nitrogen and oxygen atoms in total. The number of nitrogens with zero attached hydrogens (tertiary/aromatic N) is 4. The summed E-state index contributed by atoms with van der Waals surface area (Å²) < 4.78 is 1.67. The molecule has 0 aliphatic heterocycles. The smallest absolute Gasteiger partial charge is 0.143 e. The normalized spacial score (nSPS) is 15.8. The molecule has 0 atom stereocenters. The Morgan fingerprint density at radius 3 is 3.10 bits per heavy atom. The summed E-state index contributed by atoms with van der Waals surface area (Å²) in [4.78, 5) is 0. The van der Waals surface area contributed by atoms with Gasteiger partial charge in [0.05, 0.1) is 0 Å². The Bertz CT molecular complexity index is 270. The van der Waals surface area contributed by atoms with Gasteiger partial charge in [-0.3, -0.25) is 0 Å². The molecule has 50 valence electrons. The van der Waals surface area contributed by atoms with Gasteiger partial charge in [-0.1, -0.05) is 12.2 Å². The lowest BCUT2D eigenvalue weighted by Gasteiger charge is -1.95. The zero-order valence-electron chi connectivity index (χ0n) is 5.31. The van der Waals surface area contributed by atoms with Crippen LogP contribution in [0.3, 0.4) is 0 Å². The second kappa shape index (κ2) is 2.06. The molecule has 0 N–H and O–H groups in total. The van der Waals surface area contributed by atoms with Gasteiger partial charge in [0.25, 0.3) is 0 Å². The molecule has 0 bridgehead atoms. The number of rotatable bonds is 1. The molecule has 0 aromatic carbocycles. The Balaban J connectivity index is 2.30. The number of tetrazole rings is 1. The Hall–Kier alpha value is -1.45. The van der Waals surface area contributed by atoms with Crippen molar-refractivity contribution >= 4 is 5.70 Å². The summed E-state index contributed by atoms with van der Waals surface area (Å²) >= 11 is 0. The van der Waals surface area contributed by atoms with Crippen LogP contribution in [0.5, 0.6) is 0 Å². The summed E-state index contributed by atoms with van der Waals surface area (Å²) in [6.45, 7) is 0. The Kier molecular flexibility index (Phi) is 1.10. The van der Waals surface area contributed by atoms with E-state index in [1.807, 2.05) is 12.2 Å². The van der Waals surface area contributed by atoms with Gasteiger partial charge < -0.3 is 0 Å². The van der Waals surface area contributed by atoms with Gasteiger partial charge in [-0.2, -0.15) is 0 Å². The first-order chi connectivity index (χ1) is 4.97. The zero-order chi connectivity index (χ0) is 6.81. The molecule has 1 aromatic rings. The van der Waals surface area contributed by atoms with Gasteiger partial charge in [0, 0.05) is 12.1 Å². The highest BCUT2D eigenvalue weighted by molar-refractivity contribution is 5.52. The molecule has 0 unspecified atom stereocenters. The summed E-state index contributed by atoms with van der Waals surface area (Å²) in [6, 6.07) is 0. The van der Waals surface area contributed by atoms with Gasteiger partial charge in [-0.25, -0.2) is 4.68 Å². The van der Waals surface area contributed by atoms with Crippen LogP contribution in [0.25, 0.3) is 5.70 Å². The molecule has 0 saturated heterocycles. The van der Waals surface area contributed by atoms with E-state index in [0.717, 1.165) is 12.1 Å². The summed E-state index contributed by atoms with van der Waals surface area (Å²) in [7, 11) is 0. The quantitative estimate of drug-likeness (QED) is 0.560. The van der Waals surface area contributed by atoms with Gasteiger partial charge >= 0.3 is 0 Å². The summed E-state index contributed by atoms with van der Waals surface area (Å²) in [5.41, 5.74) is 1.12. The van der Waals surface area contributed by atoms with Crippen LogP contribution >= 0.6 is 0 Å². The summed E-state index contributed by atoms with van der Waals surface area (Å²) in [6.07, 6.45) is 8.58. The molecule has 1 heterocycles. The van der Waals surface area contributed by atoms with E-state index in [4.69, 9.17) is 0 Å². The van der Waals surface area contributed by atoms with E-state index in [-0.39, 0.29) is 0 Å². The maximum absolute atomic E-state index is 3.75. The lowest BCUT2D eigenvalue weighted by atomic mass is 10.4. The molecular formula is C6H6N4. The molecule has 0 saturated carbocycles. The molecule has 1 aromatic heterocycles. The first-order valence-electron chi connectivity index (χ1n) is 3.06. The highest BCUT2D eigenvalue weighted by Crippen LogP contribution is 2.12. The number of hydrogen-bond donors (Lipinski definition) is 0. The standard InChI is InChI=1S/C6H6N4/c1-2-4-6(3-1)10-5-7-8-9-10/h1-3,5H,4H2. The minimum atomic E-state index is 0.922. The van der Waals surface area contributed by atoms with Crippen molar-refractivity contribution in [3.63, 3.8) is 0 Å². The maximum Gasteiger partial charge on any atom is 0.143 e. The topological polar surface area (TPSA) is 43.6 Å². The van der Waals surface area contributed by atoms with Crippen LogP contribution in [0.1, 0.15) is 6.42 Å². The first kappa shape index (κ1) is 5.34. The van der Waals surface area contributed by atoms with Gasteiger partial charge in [0.1, 0.15) is 6.33 Å². The van der Waals surface area contributed by atoms with E-state index in [0.29, 0.717) is 0 Å². The third-order valence-corrected chi connectivity index (χ3v) is 1.39. The number of hydrogen-bond acceptors (Lipinski definition) is 3. The zero-order valence-corrected chi connectivity index (χ0v) is 5.31. The van der Waals surface area contributed by atoms with Crippen molar-refractivity contribution < 1.29 is 0 Å². The lowest BCUT2D eigenvalue weighted by Crippen LogP contribution is -1.94. The van der Waals surface area contributed by atoms with Gasteiger partial charge in [0.15, 0.2) is 0 Å². The van der Waals surface area contributed by atoms with Crippen molar-refractivity contribution in [1.82, 2.24) is 20.2 Å².